The van der Waals surface area contributed by atoms with Crippen LogP contribution in [0.5, 0.6) is 0 Å². The largest absolute Gasteiger partial charge is 0.0914 e. The molecule has 2 aliphatic rings. The van der Waals surface area contributed by atoms with Gasteiger partial charge in [-0.1, -0.05) is 49.8 Å². The van der Waals surface area contributed by atoms with Crippen molar-refractivity contribution < 1.29 is 0 Å². The molecule has 0 aliphatic heterocycles. The van der Waals surface area contributed by atoms with Gasteiger partial charge < -0.3 is 0 Å². The van der Waals surface area contributed by atoms with Crippen molar-refractivity contribution in [3.8, 4) is 0 Å². The highest BCUT2D eigenvalue weighted by Crippen LogP contribution is 2.44. The minimum atomic E-state index is 0.829. The van der Waals surface area contributed by atoms with Gasteiger partial charge >= 0.3 is 0 Å². The van der Waals surface area contributed by atoms with E-state index in [-0.39, 0.29) is 0 Å². The molecule has 138 valence electrons. The molecule has 0 spiro atoms. The number of benzene rings is 1. The van der Waals surface area contributed by atoms with Crippen molar-refractivity contribution in [2.75, 3.05) is 0 Å². The predicted molar refractivity (Wildman–Crippen MR) is 110 cm³/mol. The third-order valence-electron chi connectivity index (χ3n) is 6.99. The van der Waals surface area contributed by atoms with E-state index in [1.807, 2.05) is 0 Å². The van der Waals surface area contributed by atoms with Crippen LogP contribution < -0.4 is 0 Å². The molecule has 0 atom stereocenters. The molecular weight excluding hydrogens is 300 g/mol. The Labute approximate surface area is 156 Å². The van der Waals surface area contributed by atoms with Crippen LogP contribution in [0, 0.1) is 17.8 Å². The van der Waals surface area contributed by atoms with E-state index in [4.69, 9.17) is 0 Å². The summed E-state index contributed by atoms with van der Waals surface area (Å²) in [6, 6.07) is 9.63. The zero-order valence-corrected chi connectivity index (χ0v) is 16.6. The fourth-order valence-corrected chi connectivity index (χ4v) is 5.34. The van der Waals surface area contributed by atoms with Gasteiger partial charge in [-0.2, -0.15) is 0 Å². The molecule has 2 saturated carbocycles. The first kappa shape index (κ1) is 18.7. The Bertz CT molecular complexity index is 507. The second-order valence-corrected chi connectivity index (χ2v) is 8.66. The van der Waals surface area contributed by atoms with Gasteiger partial charge in [-0.15, -0.1) is 0 Å². The molecule has 0 N–H and O–H groups in total. The van der Waals surface area contributed by atoms with Crippen LogP contribution >= 0.6 is 0 Å². The maximum Gasteiger partial charge on any atom is -0.0162 e. The molecule has 0 bridgehead atoms. The second kappa shape index (κ2) is 9.60. The average Bonchev–Trinajstić information content (AvgIpc) is 2.68. The maximum atomic E-state index is 2.44. The molecular formula is C25H38. The summed E-state index contributed by atoms with van der Waals surface area (Å²) in [5.74, 6) is 3.75. The normalized spacial score (nSPS) is 30.6. The van der Waals surface area contributed by atoms with Crippen LogP contribution in [0.4, 0.5) is 0 Å². The van der Waals surface area contributed by atoms with Crippen LogP contribution in [0.3, 0.4) is 0 Å². The molecule has 0 amide bonds. The zero-order valence-electron chi connectivity index (χ0n) is 16.6. The van der Waals surface area contributed by atoms with Gasteiger partial charge in [-0.05, 0) is 106 Å². The first-order valence-corrected chi connectivity index (χ1v) is 11.0. The van der Waals surface area contributed by atoms with Crippen LogP contribution in [-0.2, 0) is 6.42 Å². The van der Waals surface area contributed by atoms with Crippen LogP contribution in [0.1, 0.15) is 95.1 Å². The SMILES string of the molecule is C/C=C/C1CCC(C2CCC(c3ccc(CCCC)cc3)CC2)CC1. The van der Waals surface area contributed by atoms with Crippen molar-refractivity contribution in [1.29, 1.82) is 0 Å². The van der Waals surface area contributed by atoms with E-state index in [1.54, 1.807) is 5.56 Å². The number of aryl methyl sites for hydroxylation is 1. The molecule has 0 aromatic heterocycles. The molecule has 2 aliphatic carbocycles. The molecule has 0 nitrogen and oxygen atoms in total. The van der Waals surface area contributed by atoms with Crippen LogP contribution in [0.2, 0.25) is 0 Å². The minimum Gasteiger partial charge on any atom is -0.0914 e. The van der Waals surface area contributed by atoms with Gasteiger partial charge in [-0.25, -0.2) is 0 Å². The van der Waals surface area contributed by atoms with E-state index in [0.29, 0.717) is 0 Å². The molecule has 0 unspecified atom stereocenters. The van der Waals surface area contributed by atoms with E-state index < -0.39 is 0 Å². The number of hydrogen-bond acceptors (Lipinski definition) is 0. The third kappa shape index (κ3) is 5.22. The number of hydrogen-bond donors (Lipinski definition) is 0. The van der Waals surface area contributed by atoms with Crippen molar-refractivity contribution in [1.82, 2.24) is 0 Å². The Morgan fingerprint density at radius 1 is 0.840 bits per heavy atom. The molecule has 0 heteroatoms. The van der Waals surface area contributed by atoms with Crippen LogP contribution in [-0.4, -0.2) is 0 Å². The van der Waals surface area contributed by atoms with Crippen molar-refractivity contribution in [3.05, 3.63) is 47.5 Å². The lowest BCUT2D eigenvalue weighted by molar-refractivity contribution is 0.171. The number of unbranched alkanes of at least 4 members (excludes halogenated alkanes) is 1. The van der Waals surface area contributed by atoms with Crippen molar-refractivity contribution in [3.63, 3.8) is 0 Å². The molecule has 25 heavy (non-hydrogen) atoms. The predicted octanol–water partition coefficient (Wildman–Crippen LogP) is 7.69. The van der Waals surface area contributed by atoms with Gasteiger partial charge in [-0.3, -0.25) is 0 Å². The summed E-state index contributed by atoms with van der Waals surface area (Å²) in [5, 5.41) is 0. The fraction of sp³-hybridized carbons (Fsp3) is 0.680. The van der Waals surface area contributed by atoms with Gasteiger partial charge in [0, 0.05) is 0 Å². The Morgan fingerprint density at radius 3 is 2.00 bits per heavy atom. The van der Waals surface area contributed by atoms with E-state index in [1.165, 1.54) is 76.2 Å². The summed E-state index contributed by atoms with van der Waals surface area (Å²) in [6.45, 7) is 4.45. The van der Waals surface area contributed by atoms with E-state index in [9.17, 15) is 0 Å². The highest BCUT2D eigenvalue weighted by molar-refractivity contribution is 5.26. The third-order valence-corrected chi connectivity index (χ3v) is 6.99. The first-order valence-electron chi connectivity index (χ1n) is 11.0. The Kier molecular flexibility index (Phi) is 7.20. The lowest BCUT2D eigenvalue weighted by Crippen LogP contribution is -2.25. The summed E-state index contributed by atoms with van der Waals surface area (Å²) in [4.78, 5) is 0. The molecule has 0 saturated heterocycles. The van der Waals surface area contributed by atoms with Crippen LogP contribution in [0.25, 0.3) is 0 Å². The van der Waals surface area contributed by atoms with Crippen LogP contribution in [0.15, 0.2) is 36.4 Å². The fourth-order valence-electron chi connectivity index (χ4n) is 5.34. The van der Waals surface area contributed by atoms with E-state index in [0.717, 1.165) is 23.7 Å². The van der Waals surface area contributed by atoms with E-state index >= 15 is 0 Å². The quantitative estimate of drug-likeness (QED) is 0.466. The zero-order chi connectivity index (χ0) is 17.5. The smallest absolute Gasteiger partial charge is 0.0162 e. The van der Waals surface area contributed by atoms with Crippen molar-refractivity contribution in [2.45, 2.75) is 90.4 Å². The van der Waals surface area contributed by atoms with Gasteiger partial charge in [0.1, 0.15) is 0 Å². The van der Waals surface area contributed by atoms with Crippen molar-refractivity contribution in [2.24, 2.45) is 17.8 Å². The molecule has 0 heterocycles. The highest BCUT2D eigenvalue weighted by atomic mass is 14.4. The van der Waals surface area contributed by atoms with Gasteiger partial charge in [0.05, 0.1) is 0 Å². The number of allylic oxidation sites excluding steroid dienone is 2. The Morgan fingerprint density at radius 2 is 1.44 bits per heavy atom. The maximum absolute atomic E-state index is 2.44. The minimum absolute atomic E-state index is 0.829. The molecule has 0 radical (unpaired) electrons. The average molecular weight is 339 g/mol. The summed E-state index contributed by atoms with van der Waals surface area (Å²) >= 11 is 0. The van der Waals surface area contributed by atoms with Gasteiger partial charge in [0.2, 0.25) is 0 Å². The summed E-state index contributed by atoms with van der Waals surface area (Å²) in [5.41, 5.74) is 3.13. The first-order chi connectivity index (χ1) is 12.3. The lowest BCUT2D eigenvalue weighted by Gasteiger charge is -2.37. The number of rotatable bonds is 6. The Hall–Kier alpha value is -1.04. The highest BCUT2D eigenvalue weighted by Gasteiger charge is 2.30. The molecule has 3 rings (SSSR count). The Balaban J connectivity index is 1.45. The summed E-state index contributed by atoms with van der Waals surface area (Å²) < 4.78 is 0. The van der Waals surface area contributed by atoms with Gasteiger partial charge in [0.15, 0.2) is 0 Å². The van der Waals surface area contributed by atoms with E-state index in [2.05, 4.69) is 50.3 Å². The lowest BCUT2D eigenvalue weighted by atomic mass is 9.68. The summed E-state index contributed by atoms with van der Waals surface area (Å²) in [6.07, 6.45) is 20.2. The van der Waals surface area contributed by atoms with Gasteiger partial charge in [0.25, 0.3) is 0 Å². The van der Waals surface area contributed by atoms with Crippen molar-refractivity contribution >= 4 is 0 Å². The molecule has 1 aromatic carbocycles. The molecule has 2 fully saturated rings. The topological polar surface area (TPSA) is 0 Å². The summed E-state index contributed by atoms with van der Waals surface area (Å²) in [7, 11) is 0. The standard InChI is InChI=1S/C25H38/c1-3-5-7-21-10-14-23(15-11-21)25-18-16-24(17-19-25)22-12-8-20(6-4-2)9-13-22/h4,6,10-11,14-15,20,22,24-25H,3,5,7-9,12-13,16-19H2,1-2H3/b6-4+. The second-order valence-electron chi connectivity index (χ2n) is 8.66. The molecule has 1 aromatic rings. The monoisotopic (exact) mass is 338 g/mol.